The smallest absolute Gasteiger partial charge is 0.256 e. The first-order chi connectivity index (χ1) is 36.8. The molecule has 0 saturated carbocycles. The van der Waals surface area contributed by atoms with Crippen LogP contribution < -0.4 is 40.6 Å². The fourth-order valence-electron chi connectivity index (χ4n) is 12.9. The third kappa shape index (κ3) is 7.07. The molecule has 0 radical (unpaired) electrons. The number of hydrogen-bond acceptors (Lipinski definition) is 5. The molecule has 0 aromatic heterocycles. The minimum Gasteiger partial charge on any atom is -0.458 e. The van der Waals surface area contributed by atoms with Gasteiger partial charge in [0.1, 0.15) is 11.5 Å². The van der Waals surface area contributed by atoms with E-state index in [9.17, 15) is 0 Å². The van der Waals surface area contributed by atoms with Gasteiger partial charge in [-0.2, -0.15) is 0 Å². The number of rotatable bonds is 6. The fraction of sp³-hybridized carbons (Fsp3) is 0.143. The van der Waals surface area contributed by atoms with Crippen LogP contribution >= 0.6 is 0 Å². The third-order valence-electron chi connectivity index (χ3n) is 16.5. The molecule has 3 aliphatic heterocycles. The quantitative estimate of drug-likeness (QED) is 0.155. The van der Waals surface area contributed by atoms with Gasteiger partial charge in [0.05, 0.1) is 11.4 Å². The zero-order valence-electron chi connectivity index (χ0n) is 44.4. The topological polar surface area (TPSA) is 28.2 Å². The number of aryl methyl sites for hydroxylation is 3. The summed E-state index contributed by atoms with van der Waals surface area (Å²) in [7, 11) is 0. The molecule has 4 aliphatic rings. The highest BCUT2D eigenvalue weighted by atomic mass is 16.5. The Morgan fingerprint density at radius 3 is 1.68 bits per heavy atom. The maximum absolute atomic E-state index is 7.22. The lowest BCUT2D eigenvalue weighted by atomic mass is 9.34. The summed E-state index contributed by atoms with van der Waals surface area (Å²) in [5.74, 6) is 3.55. The zero-order chi connectivity index (χ0) is 51.8. The van der Waals surface area contributed by atoms with Crippen molar-refractivity contribution < 1.29 is 9.47 Å². The highest BCUT2D eigenvalue weighted by Crippen LogP contribution is 2.54. The Kier molecular flexibility index (Phi) is 10.2. The number of benzene rings is 10. The van der Waals surface area contributed by atoms with E-state index >= 15 is 0 Å². The first-order valence-electron chi connectivity index (χ1n) is 26.7. The minimum absolute atomic E-state index is 0.0323. The van der Waals surface area contributed by atoms with Crippen LogP contribution in [-0.4, -0.2) is 6.71 Å². The predicted molar refractivity (Wildman–Crippen MR) is 318 cm³/mol. The molecule has 0 spiro atoms. The van der Waals surface area contributed by atoms with Crippen molar-refractivity contribution in [1.82, 2.24) is 0 Å². The van der Waals surface area contributed by atoms with E-state index < -0.39 is 0 Å². The Morgan fingerprint density at radius 1 is 0.447 bits per heavy atom. The SMILES string of the molecule is Cc1cc2c3c(c1)N(c1ccc(-c4c(C)cc(N5c6ccccc6Oc6ccccc65)cc4C)cc1)c1cc(C(C)(C)C)ccc1B3c1cc3c(cc1O2)-c1ccc(N(c2ccccc2)c2ccccc2)cc1C3(C)C. The van der Waals surface area contributed by atoms with Gasteiger partial charge in [-0.3, -0.25) is 0 Å². The van der Waals surface area contributed by atoms with Crippen molar-refractivity contribution in [2.45, 2.75) is 66.2 Å². The third-order valence-corrected chi connectivity index (χ3v) is 16.5. The molecular weight excluding hydrogens is 926 g/mol. The monoisotopic (exact) mass is 983 g/mol. The normalized spacial score (nSPS) is 14.0. The van der Waals surface area contributed by atoms with Crippen LogP contribution in [0.15, 0.2) is 206 Å². The highest BCUT2D eigenvalue weighted by molar-refractivity contribution is 6.99. The molecule has 10 aromatic rings. The zero-order valence-corrected chi connectivity index (χ0v) is 44.4. The molecule has 14 rings (SSSR count). The Bertz CT molecular complexity index is 3900. The average molecular weight is 984 g/mol. The molecular formula is C70H58BN3O2. The van der Waals surface area contributed by atoms with E-state index in [-0.39, 0.29) is 17.5 Å². The summed E-state index contributed by atoms with van der Waals surface area (Å²) in [6.07, 6.45) is 0. The van der Waals surface area contributed by atoms with Crippen LogP contribution in [0.5, 0.6) is 23.0 Å². The lowest BCUT2D eigenvalue weighted by Crippen LogP contribution is -2.59. The van der Waals surface area contributed by atoms with Gasteiger partial charge >= 0.3 is 0 Å². The number of fused-ring (bicyclic) bond motifs is 9. The standard InChI is InChI=1S/C70H58BN3O2/c1-43-35-62-68-66(36-43)76-65-41-54-53-33-32-51(72(48-19-11-9-12-20-48)49-21-13-10-14-22-49)40-55(53)70(7,8)56(54)42-58(65)71(68)57-34-29-47(69(4,5)6)39-61(57)73(62)50-30-27-46(28-31-50)67-44(2)37-52(38-45(67)3)74-59-23-15-17-25-63(59)75-64-26-18-16-24-60(64)74/h9-42H,1-8H3. The van der Waals surface area contributed by atoms with Gasteiger partial charge in [0.15, 0.2) is 11.5 Å². The first kappa shape index (κ1) is 45.8. The van der Waals surface area contributed by atoms with E-state index in [1.54, 1.807) is 0 Å². The van der Waals surface area contributed by atoms with Crippen LogP contribution in [-0.2, 0) is 10.8 Å². The molecule has 0 unspecified atom stereocenters. The van der Waals surface area contributed by atoms with E-state index in [1.165, 1.54) is 72.1 Å². The molecule has 0 amide bonds. The van der Waals surface area contributed by atoms with Gasteiger partial charge in [-0.25, -0.2) is 0 Å². The molecule has 368 valence electrons. The van der Waals surface area contributed by atoms with Gasteiger partial charge in [0.2, 0.25) is 0 Å². The van der Waals surface area contributed by atoms with Crippen molar-refractivity contribution in [2.75, 3.05) is 14.7 Å². The summed E-state index contributed by atoms with van der Waals surface area (Å²) >= 11 is 0. The van der Waals surface area contributed by atoms with E-state index in [2.05, 4.69) is 252 Å². The molecule has 10 aromatic carbocycles. The highest BCUT2D eigenvalue weighted by Gasteiger charge is 2.45. The van der Waals surface area contributed by atoms with Crippen LogP contribution in [0.3, 0.4) is 0 Å². The van der Waals surface area contributed by atoms with Crippen LogP contribution in [0.25, 0.3) is 22.3 Å². The van der Waals surface area contributed by atoms with Crippen molar-refractivity contribution >= 4 is 74.3 Å². The molecule has 0 bridgehead atoms. The van der Waals surface area contributed by atoms with Crippen LogP contribution in [0, 0.1) is 20.8 Å². The van der Waals surface area contributed by atoms with Crippen LogP contribution in [0.4, 0.5) is 51.2 Å². The molecule has 0 N–H and O–H groups in total. The molecule has 5 nitrogen and oxygen atoms in total. The van der Waals surface area contributed by atoms with Crippen molar-refractivity contribution in [1.29, 1.82) is 0 Å². The van der Waals surface area contributed by atoms with Gasteiger partial charge in [-0.15, -0.1) is 0 Å². The van der Waals surface area contributed by atoms with E-state index in [0.29, 0.717) is 0 Å². The summed E-state index contributed by atoms with van der Waals surface area (Å²) < 4.78 is 13.6. The Balaban J connectivity index is 0.863. The number of ether oxygens (including phenoxy) is 2. The van der Waals surface area contributed by atoms with Gasteiger partial charge in [0, 0.05) is 45.2 Å². The second-order valence-corrected chi connectivity index (χ2v) is 22.8. The lowest BCUT2D eigenvalue weighted by Gasteiger charge is -2.41. The fourth-order valence-corrected chi connectivity index (χ4v) is 12.9. The summed E-state index contributed by atoms with van der Waals surface area (Å²) in [5, 5.41) is 0. The maximum atomic E-state index is 7.22. The number of nitrogens with zero attached hydrogens (tertiary/aromatic N) is 3. The minimum atomic E-state index is -0.275. The second-order valence-electron chi connectivity index (χ2n) is 22.8. The molecule has 1 aliphatic carbocycles. The van der Waals surface area contributed by atoms with Crippen molar-refractivity contribution in [3.8, 4) is 45.3 Å². The summed E-state index contributed by atoms with van der Waals surface area (Å²) in [4.78, 5) is 7.19. The molecule has 3 heterocycles. The van der Waals surface area contributed by atoms with Crippen LogP contribution in [0.2, 0.25) is 0 Å². The van der Waals surface area contributed by atoms with Gasteiger partial charge in [-0.05, 0) is 207 Å². The molecule has 0 atom stereocenters. The molecule has 76 heavy (non-hydrogen) atoms. The maximum Gasteiger partial charge on any atom is 0.256 e. The van der Waals surface area contributed by atoms with Gasteiger partial charge in [0.25, 0.3) is 6.71 Å². The number of para-hydroxylation sites is 6. The van der Waals surface area contributed by atoms with Crippen LogP contribution in [0.1, 0.15) is 68.0 Å². The van der Waals surface area contributed by atoms with Gasteiger partial charge in [-0.1, -0.05) is 132 Å². The van der Waals surface area contributed by atoms with Crippen molar-refractivity contribution in [3.05, 3.63) is 240 Å². The first-order valence-corrected chi connectivity index (χ1v) is 26.7. The average Bonchev–Trinajstić information content (AvgIpc) is 3.65. The number of hydrogen-bond donors (Lipinski definition) is 0. The number of anilines is 9. The summed E-state index contributed by atoms with van der Waals surface area (Å²) in [6.45, 7) is 18.4. The lowest BCUT2D eigenvalue weighted by molar-refractivity contribution is 0.477. The summed E-state index contributed by atoms with van der Waals surface area (Å²) in [5.41, 5.74) is 25.9. The predicted octanol–water partition coefficient (Wildman–Crippen LogP) is 17.3. The van der Waals surface area contributed by atoms with E-state index in [1.807, 2.05) is 24.3 Å². The summed E-state index contributed by atoms with van der Waals surface area (Å²) in [6, 6.07) is 75.6. The van der Waals surface area contributed by atoms with Crippen molar-refractivity contribution in [2.24, 2.45) is 0 Å². The molecule has 6 heteroatoms. The Morgan fingerprint density at radius 2 is 1.04 bits per heavy atom. The van der Waals surface area contributed by atoms with Gasteiger partial charge < -0.3 is 24.2 Å². The van der Waals surface area contributed by atoms with E-state index in [0.717, 1.165) is 74.1 Å². The Labute approximate surface area is 447 Å². The second kappa shape index (κ2) is 16.9. The van der Waals surface area contributed by atoms with Crippen molar-refractivity contribution in [3.63, 3.8) is 0 Å². The Hall–Kier alpha value is -8.74. The van der Waals surface area contributed by atoms with E-state index in [4.69, 9.17) is 9.47 Å². The largest absolute Gasteiger partial charge is 0.458 e. The molecule has 0 fully saturated rings. The molecule has 0 saturated heterocycles.